The molecule has 0 bridgehead atoms. The molecule has 2 fully saturated rings. The molecule has 0 aromatic heterocycles. The van der Waals surface area contributed by atoms with Gasteiger partial charge in [-0.1, -0.05) is 30.3 Å². The topological polar surface area (TPSA) is 58.6 Å². The molecular formula is C19H26N2O3. The van der Waals surface area contributed by atoms with Gasteiger partial charge >= 0.3 is 5.97 Å². The molecule has 1 saturated carbocycles. The normalized spacial score (nSPS) is 24.9. The fourth-order valence-corrected chi connectivity index (χ4v) is 3.76. The van der Waals surface area contributed by atoms with Crippen molar-refractivity contribution in [2.24, 2.45) is 11.8 Å². The highest BCUT2D eigenvalue weighted by atomic mass is 16.5. The zero-order valence-corrected chi connectivity index (χ0v) is 14.2. The summed E-state index contributed by atoms with van der Waals surface area (Å²) in [6.07, 6.45) is 3.94. The number of carbonyl (C=O) groups is 2. The first kappa shape index (κ1) is 17.0. The molecule has 1 aromatic rings. The van der Waals surface area contributed by atoms with Crippen molar-refractivity contribution in [2.45, 2.75) is 31.7 Å². The lowest BCUT2D eigenvalue weighted by molar-refractivity contribution is -0.155. The van der Waals surface area contributed by atoms with Crippen LogP contribution in [0.5, 0.6) is 0 Å². The molecular weight excluding hydrogens is 304 g/mol. The number of likely N-dealkylation sites (tertiary alicyclic amines) is 1. The van der Waals surface area contributed by atoms with Gasteiger partial charge in [-0.15, -0.1) is 0 Å². The molecule has 1 aromatic carbocycles. The summed E-state index contributed by atoms with van der Waals surface area (Å²) in [5.74, 6) is -0.776. The lowest BCUT2D eigenvalue weighted by Gasteiger charge is -2.34. The van der Waals surface area contributed by atoms with E-state index in [2.05, 4.69) is 22.3 Å². The first-order valence-electron chi connectivity index (χ1n) is 8.85. The van der Waals surface area contributed by atoms with Gasteiger partial charge in [-0.2, -0.15) is 0 Å². The van der Waals surface area contributed by atoms with Crippen LogP contribution in [0.2, 0.25) is 0 Å². The third-order valence-electron chi connectivity index (χ3n) is 5.35. The molecule has 3 rings (SSSR count). The van der Waals surface area contributed by atoms with Gasteiger partial charge in [-0.3, -0.25) is 14.5 Å². The van der Waals surface area contributed by atoms with Gasteiger partial charge in [0, 0.05) is 6.54 Å². The molecule has 1 N–H and O–H groups in total. The van der Waals surface area contributed by atoms with Crippen LogP contribution in [-0.2, 0) is 14.3 Å². The second-order valence-corrected chi connectivity index (χ2v) is 6.73. The van der Waals surface area contributed by atoms with E-state index < -0.39 is 0 Å². The molecule has 24 heavy (non-hydrogen) atoms. The van der Waals surface area contributed by atoms with Crippen LogP contribution in [0.3, 0.4) is 0 Å². The van der Waals surface area contributed by atoms with Crippen LogP contribution in [-0.4, -0.2) is 43.5 Å². The van der Waals surface area contributed by atoms with Crippen LogP contribution in [0.1, 0.15) is 37.3 Å². The smallest absolute Gasteiger partial charge is 0.309 e. The molecule has 5 heteroatoms. The zero-order valence-electron chi connectivity index (χ0n) is 14.2. The van der Waals surface area contributed by atoms with E-state index >= 15 is 0 Å². The van der Waals surface area contributed by atoms with Crippen molar-refractivity contribution in [3.05, 3.63) is 35.9 Å². The van der Waals surface area contributed by atoms with Gasteiger partial charge in [0.2, 0.25) is 5.91 Å². The second kappa shape index (κ2) is 7.79. The Morgan fingerprint density at radius 1 is 1.17 bits per heavy atom. The average Bonchev–Trinajstić information content (AvgIpc) is 3.09. The molecule has 3 atom stereocenters. The molecule has 1 heterocycles. The van der Waals surface area contributed by atoms with Crippen molar-refractivity contribution in [3.63, 3.8) is 0 Å². The van der Waals surface area contributed by atoms with E-state index in [-0.39, 0.29) is 29.8 Å². The molecule has 1 amide bonds. The number of nitrogens with zero attached hydrogens (tertiary/aromatic N) is 1. The lowest BCUT2D eigenvalue weighted by atomic mass is 9.73. The highest BCUT2D eigenvalue weighted by Gasteiger charge is 2.42. The van der Waals surface area contributed by atoms with Crippen LogP contribution in [0.15, 0.2) is 30.3 Å². The van der Waals surface area contributed by atoms with Gasteiger partial charge in [0.1, 0.15) is 0 Å². The molecule has 1 aliphatic heterocycles. The monoisotopic (exact) mass is 330 g/mol. The third-order valence-corrected chi connectivity index (χ3v) is 5.35. The molecule has 0 spiro atoms. The minimum Gasteiger partial charge on any atom is -0.469 e. The fraction of sp³-hybridized carbons (Fsp3) is 0.579. The Morgan fingerprint density at radius 2 is 1.83 bits per heavy atom. The van der Waals surface area contributed by atoms with Gasteiger partial charge in [-0.05, 0) is 44.3 Å². The Hall–Kier alpha value is -1.88. The summed E-state index contributed by atoms with van der Waals surface area (Å²) >= 11 is 0. The van der Waals surface area contributed by atoms with Crippen molar-refractivity contribution in [3.8, 4) is 0 Å². The van der Waals surface area contributed by atoms with Crippen molar-refractivity contribution >= 4 is 11.9 Å². The van der Waals surface area contributed by atoms with Crippen LogP contribution in [0, 0.1) is 11.8 Å². The number of nitrogens with one attached hydrogen (secondary N) is 1. The summed E-state index contributed by atoms with van der Waals surface area (Å²) < 4.78 is 4.78. The maximum absolute atomic E-state index is 12.5. The van der Waals surface area contributed by atoms with Gasteiger partial charge in [-0.25, -0.2) is 0 Å². The van der Waals surface area contributed by atoms with Crippen LogP contribution >= 0.6 is 0 Å². The molecule has 0 unspecified atom stereocenters. The summed E-state index contributed by atoms with van der Waals surface area (Å²) in [4.78, 5) is 26.6. The molecule has 5 nitrogen and oxygen atoms in total. The largest absolute Gasteiger partial charge is 0.469 e. The Bertz CT molecular complexity index is 569. The Morgan fingerprint density at radius 3 is 2.42 bits per heavy atom. The van der Waals surface area contributed by atoms with Gasteiger partial charge < -0.3 is 10.1 Å². The quantitative estimate of drug-likeness (QED) is 0.812. The maximum Gasteiger partial charge on any atom is 0.309 e. The first-order chi connectivity index (χ1) is 11.7. The van der Waals surface area contributed by atoms with E-state index in [0.29, 0.717) is 6.54 Å². The Labute approximate surface area is 143 Å². The fourth-order valence-electron chi connectivity index (χ4n) is 3.76. The van der Waals surface area contributed by atoms with Crippen molar-refractivity contribution in [1.29, 1.82) is 0 Å². The number of amides is 1. The van der Waals surface area contributed by atoms with E-state index in [4.69, 9.17) is 4.74 Å². The Balaban J connectivity index is 1.61. The minimum absolute atomic E-state index is 0.0169. The summed E-state index contributed by atoms with van der Waals surface area (Å²) in [7, 11) is 1.38. The number of methoxy groups -OCH3 is 1. The van der Waals surface area contributed by atoms with E-state index in [0.717, 1.165) is 25.9 Å². The maximum atomic E-state index is 12.5. The van der Waals surface area contributed by atoms with Crippen LogP contribution in [0.4, 0.5) is 0 Å². The van der Waals surface area contributed by atoms with E-state index in [9.17, 15) is 9.59 Å². The van der Waals surface area contributed by atoms with Crippen LogP contribution in [0.25, 0.3) is 0 Å². The molecule has 1 aliphatic carbocycles. The SMILES string of the molecule is COC(=O)[C@@H]1CC[C@@H]1C(=O)NC[C@H](c1ccccc1)N1CCCC1. The second-order valence-electron chi connectivity index (χ2n) is 6.73. The first-order valence-corrected chi connectivity index (χ1v) is 8.85. The number of benzene rings is 1. The highest BCUT2D eigenvalue weighted by Crippen LogP contribution is 2.35. The van der Waals surface area contributed by atoms with Crippen LogP contribution < -0.4 is 5.32 Å². The number of rotatable bonds is 6. The number of ether oxygens (including phenoxy) is 1. The number of hydrogen-bond donors (Lipinski definition) is 1. The number of esters is 1. The predicted molar refractivity (Wildman–Crippen MR) is 91.2 cm³/mol. The minimum atomic E-state index is -0.267. The van der Waals surface area contributed by atoms with E-state index in [1.807, 2.05) is 18.2 Å². The number of carbonyl (C=O) groups excluding carboxylic acids is 2. The predicted octanol–water partition coefficient (Wildman–Crippen LogP) is 2.14. The van der Waals surface area contributed by atoms with Crippen molar-refractivity contribution in [1.82, 2.24) is 10.2 Å². The lowest BCUT2D eigenvalue weighted by Crippen LogP contribution is -2.46. The van der Waals surface area contributed by atoms with Gasteiger partial charge in [0.25, 0.3) is 0 Å². The molecule has 2 aliphatic rings. The standard InChI is InChI=1S/C19H26N2O3/c1-24-19(23)16-10-9-15(16)18(22)20-13-17(21-11-5-6-12-21)14-7-3-2-4-8-14/h2-4,7-8,15-17H,5-6,9-13H2,1H3,(H,20,22)/t15-,16+,17+/m0/s1. The van der Waals surface area contributed by atoms with E-state index in [1.165, 1.54) is 25.5 Å². The summed E-state index contributed by atoms with van der Waals surface area (Å²) in [5, 5.41) is 3.08. The van der Waals surface area contributed by atoms with E-state index in [1.54, 1.807) is 0 Å². The van der Waals surface area contributed by atoms with Crippen molar-refractivity contribution in [2.75, 3.05) is 26.7 Å². The molecule has 1 saturated heterocycles. The number of hydrogen-bond acceptors (Lipinski definition) is 4. The summed E-state index contributed by atoms with van der Waals surface area (Å²) in [6.45, 7) is 2.74. The van der Waals surface area contributed by atoms with Gasteiger partial charge in [0.05, 0.1) is 25.0 Å². The Kier molecular flexibility index (Phi) is 5.51. The average molecular weight is 330 g/mol. The molecule has 0 radical (unpaired) electrons. The summed E-state index contributed by atoms with van der Waals surface area (Å²) in [6, 6.07) is 10.5. The zero-order chi connectivity index (χ0) is 16.9. The third kappa shape index (κ3) is 3.61. The summed E-state index contributed by atoms with van der Waals surface area (Å²) in [5.41, 5.74) is 1.23. The molecule has 130 valence electrons. The van der Waals surface area contributed by atoms with Crippen molar-refractivity contribution < 1.29 is 14.3 Å². The highest BCUT2D eigenvalue weighted by molar-refractivity contribution is 5.86. The van der Waals surface area contributed by atoms with Gasteiger partial charge in [0.15, 0.2) is 0 Å².